The number of rotatable bonds is 1. The summed E-state index contributed by atoms with van der Waals surface area (Å²) in [4.78, 5) is 0. The topological polar surface area (TPSA) is 20.2 Å². The number of hydrogen-bond acceptors (Lipinski definition) is 1. The van der Waals surface area contributed by atoms with Gasteiger partial charge in [0.2, 0.25) is 0 Å². The van der Waals surface area contributed by atoms with Crippen LogP contribution in [-0.4, -0.2) is 11.2 Å². The van der Waals surface area contributed by atoms with Crippen molar-refractivity contribution < 1.29 is 9.50 Å². The van der Waals surface area contributed by atoms with Crippen molar-refractivity contribution in [3.63, 3.8) is 0 Å². The van der Waals surface area contributed by atoms with Crippen molar-refractivity contribution in [1.82, 2.24) is 0 Å². The minimum absolute atomic E-state index is 0.0585. The third-order valence-corrected chi connectivity index (χ3v) is 3.01. The molecule has 0 amide bonds. The van der Waals surface area contributed by atoms with E-state index in [1.54, 1.807) is 6.07 Å². The Kier molecular flexibility index (Phi) is 2.75. The van der Waals surface area contributed by atoms with Crippen LogP contribution >= 0.6 is 11.6 Å². The number of halogens is 2. The fraction of sp³-hybridized carbons (Fsp3) is 0.455. The summed E-state index contributed by atoms with van der Waals surface area (Å²) < 4.78 is 13.0. The van der Waals surface area contributed by atoms with E-state index < -0.39 is 0 Å². The first kappa shape index (κ1) is 9.94. The van der Waals surface area contributed by atoms with Crippen molar-refractivity contribution in [3.05, 3.63) is 34.6 Å². The Bertz CT molecular complexity index is 320. The first-order chi connectivity index (χ1) is 6.66. The van der Waals surface area contributed by atoms with Crippen molar-refractivity contribution in [2.24, 2.45) is 0 Å². The molecule has 1 nitrogen and oxygen atoms in total. The highest BCUT2D eigenvalue weighted by Crippen LogP contribution is 2.35. The van der Waals surface area contributed by atoms with Crippen LogP contribution in [0.4, 0.5) is 4.39 Å². The summed E-state index contributed by atoms with van der Waals surface area (Å²) in [5.74, 6) is -0.269. The van der Waals surface area contributed by atoms with Crippen LogP contribution in [0.25, 0.3) is 0 Å². The molecule has 0 aliphatic heterocycles. The maximum atomic E-state index is 13.0. The second-order valence-corrected chi connectivity index (χ2v) is 4.24. The van der Waals surface area contributed by atoms with Crippen molar-refractivity contribution in [2.45, 2.75) is 31.3 Å². The molecule has 1 aliphatic rings. The molecule has 0 radical (unpaired) electrons. The first-order valence-electron chi connectivity index (χ1n) is 4.81. The molecule has 1 aromatic carbocycles. The van der Waals surface area contributed by atoms with Gasteiger partial charge in [0.05, 0.1) is 6.10 Å². The minimum Gasteiger partial charge on any atom is -0.392 e. The second-order valence-electron chi connectivity index (χ2n) is 3.81. The van der Waals surface area contributed by atoms with Crippen LogP contribution in [0.15, 0.2) is 18.2 Å². The molecule has 14 heavy (non-hydrogen) atoms. The van der Waals surface area contributed by atoms with Crippen LogP contribution in [0, 0.1) is 5.82 Å². The number of benzene rings is 1. The zero-order valence-electron chi connectivity index (χ0n) is 7.71. The molecule has 0 heterocycles. The summed E-state index contributed by atoms with van der Waals surface area (Å²) >= 11 is 5.75. The SMILES string of the molecule is OC1CCCC1c1cc(F)cc(Cl)c1. The van der Waals surface area contributed by atoms with Crippen LogP contribution in [-0.2, 0) is 0 Å². The Morgan fingerprint density at radius 2 is 2.07 bits per heavy atom. The van der Waals surface area contributed by atoms with Gasteiger partial charge < -0.3 is 5.11 Å². The average Bonchev–Trinajstić information content (AvgIpc) is 2.49. The lowest BCUT2D eigenvalue weighted by Crippen LogP contribution is -2.11. The largest absolute Gasteiger partial charge is 0.392 e. The zero-order chi connectivity index (χ0) is 10.1. The monoisotopic (exact) mass is 214 g/mol. The maximum absolute atomic E-state index is 13.0. The van der Waals surface area contributed by atoms with Gasteiger partial charge >= 0.3 is 0 Å². The van der Waals surface area contributed by atoms with Gasteiger partial charge in [0.15, 0.2) is 0 Å². The molecule has 1 aromatic rings. The van der Waals surface area contributed by atoms with E-state index in [0.717, 1.165) is 24.8 Å². The van der Waals surface area contributed by atoms with E-state index in [-0.39, 0.29) is 17.8 Å². The van der Waals surface area contributed by atoms with Crippen LogP contribution in [0.3, 0.4) is 0 Å². The molecule has 3 heteroatoms. The van der Waals surface area contributed by atoms with E-state index in [1.807, 2.05) is 0 Å². The maximum Gasteiger partial charge on any atom is 0.124 e. The summed E-state index contributed by atoms with van der Waals surface area (Å²) in [5, 5.41) is 10.1. The zero-order valence-corrected chi connectivity index (χ0v) is 8.47. The standard InChI is InChI=1S/C11H12ClFO/c12-8-4-7(5-9(13)6-8)10-2-1-3-11(10)14/h4-6,10-11,14H,1-3H2. The van der Waals surface area contributed by atoms with Crippen molar-refractivity contribution in [2.75, 3.05) is 0 Å². The van der Waals surface area contributed by atoms with Gasteiger partial charge in [0, 0.05) is 10.9 Å². The van der Waals surface area contributed by atoms with E-state index in [4.69, 9.17) is 11.6 Å². The fourth-order valence-electron chi connectivity index (χ4n) is 2.12. The van der Waals surface area contributed by atoms with E-state index in [9.17, 15) is 9.50 Å². The third kappa shape index (κ3) is 1.91. The van der Waals surface area contributed by atoms with E-state index in [0.29, 0.717) is 5.02 Å². The van der Waals surface area contributed by atoms with E-state index in [2.05, 4.69) is 0 Å². The molecule has 1 aliphatic carbocycles. The van der Waals surface area contributed by atoms with Gasteiger partial charge in [-0.25, -0.2) is 4.39 Å². The molecule has 1 N–H and O–H groups in total. The molecular weight excluding hydrogens is 203 g/mol. The first-order valence-corrected chi connectivity index (χ1v) is 5.18. The van der Waals surface area contributed by atoms with Crippen molar-refractivity contribution >= 4 is 11.6 Å². The predicted octanol–water partition coefficient (Wildman–Crippen LogP) is 3.11. The molecule has 0 bridgehead atoms. The molecule has 2 atom stereocenters. The van der Waals surface area contributed by atoms with Crippen molar-refractivity contribution in [3.8, 4) is 0 Å². The molecular formula is C11H12ClFO. The Labute approximate surface area is 87.5 Å². The Balaban J connectivity index is 2.31. The molecule has 0 spiro atoms. The molecule has 1 saturated carbocycles. The second kappa shape index (κ2) is 3.87. The summed E-state index contributed by atoms with van der Waals surface area (Å²) in [6.07, 6.45) is 2.38. The van der Waals surface area contributed by atoms with Gasteiger partial charge in [-0.05, 0) is 36.6 Å². The van der Waals surface area contributed by atoms with Crippen LogP contribution in [0.2, 0.25) is 5.02 Å². The van der Waals surface area contributed by atoms with E-state index in [1.165, 1.54) is 12.1 Å². The minimum atomic E-state index is -0.340. The van der Waals surface area contributed by atoms with Gasteiger partial charge in [0.1, 0.15) is 5.82 Å². The fourth-order valence-corrected chi connectivity index (χ4v) is 2.35. The number of hydrogen-bond donors (Lipinski definition) is 1. The molecule has 2 unspecified atom stereocenters. The number of aliphatic hydroxyl groups excluding tert-OH is 1. The van der Waals surface area contributed by atoms with Crippen LogP contribution < -0.4 is 0 Å². The van der Waals surface area contributed by atoms with Gasteiger partial charge in [-0.2, -0.15) is 0 Å². The Hall–Kier alpha value is -0.600. The van der Waals surface area contributed by atoms with Crippen LogP contribution in [0.1, 0.15) is 30.7 Å². The molecule has 1 fully saturated rings. The van der Waals surface area contributed by atoms with Gasteiger partial charge in [-0.1, -0.05) is 18.0 Å². The molecule has 0 aromatic heterocycles. The van der Waals surface area contributed by atoms with Crippen molar-refractivity contribution in [1.29, 1.82) is 0 Å². The smallest absolute Gasteiger partial charge is 0.124 e. The lowest BCUT2D eigenvalue weighted by Gasteiger charge is -2.14. The Morgan fingerprint density at radius 3 is 2.64 bits per heavy atom. The lowest BCUT2D eigenvalue weighted by atomic mass is 9.96. The highest BCUT2D eigenvalue weighted by Gasteiger charge is 2.27. The third-order valence-electron chi connectivity index (χ3n) is 2.79. The van der Waals surface area contributed by atoms with Gasteiger partial charge in [-0.3, -0.25) is 0 Å². The normalized spacial score (nSPS) is 26.8. The summed E-state index contributed by atoms with van der Waals surface area (Å²) in [6.45, 7) is 0. The lowest BCUT2D eigenvalue weighted by molar-refractivity contribution is 0.163. The van der Waals surface area contributed by atoms with Gasteiger partial charge in [0.25, 0.3) is 0 Å². The summed E-state index contributed by atoms with van der Waals surface area (Å²) in [6, 6.07) is 4.49. The Morgan fingerprint density at radius 1 is 1.29 bits per heavy atom. The molecule has 0 saturated heterocycles. The summed E-state index contributed by atoms with van der Waals surface area (Å²) in [5.41, 5.74) is 0.819. The van der Waals surface area contributed by atoms with E-state index >= 15 is 0 Å². The quantitative estimate of drug-likeness (QED) is 0.762. The highest BCUT2D eigenvalue weighted by atomic mass is 35.5. The predicted molar refractivity (Wildman–Crippen MR) is 54.0 cm³/mol. The molecule has 76 valence electrons. The average molecular weight is 215 g/mol. The number of aliphatic hydroxyl groups is 1. The summed E-state index contributed by atoms with van der Waals surface area (Å²) in [7, 11) is 0. The van der Waals surface area contributed by atoms with Crippen LogP contribution in [0.5, 0.6) is 0 Å². The highest BCUT2D eigenvalue weighted by molar-refractivity contribution is 6.30. The molecule has 2 rings (SSSR count). The van der Waals surface area contributed by atoms with Gasteiger partial charge in [-0.15, -0.1) is 0 Å².